The van der Waals surface area contributed by atoms with E-state index in [2.05, 4.69) is 24.0 Å². The Balaban J connectivity index is 2.18. The standard InChI is InChI=1S/C17H19NOS/c1-2-12-19-17(20)16(15-6-4-3-5-7-15)13-14-8-10-18-11-9-14/h3-11,16H,2,12-13H2,1H3. The van der Waals surface area contributed by atoms with Crippen LogP contribution in [0.3, 0.4) is 0 Å². The van der Waals surface area contributed by atoms with Crippen molar-refractivity contribution >= 4 is 17.3 Å². The van der Waals surface area contributed by atoms with Crippen LogP contribution in [0.15, 0.2) is 54.9 Å². The van der Waals surface area contributed by atoms with Gasteiger partial charge in [0.1, 0.15) is 0 Å². The van der Waals surface area contributed by atoms with Crippen molar-refractivity contribution < 1.29 is 4.74 Å². The Kier molecular flexibility index (Phi) is 5.69. The lowest BCUT2D eigenvalue weighted by atomic mass is 9.93. The summed E-state index contributed by atoms with van der Waals surface area (Å²) >= 11 is 5.48. The fourth-order valence-corrected chi connectivity index (χ4v) is 2.38. The van der Waals surface area contributed by atoms with Crippen LogP contribution in [0.2, 0.25) is 0 Å². The first-order valence-electron chi connectivity index (χ1n) is 6.91. The van der Waals surface area contributed by atoms with E-state index in [-0.39, 0.29) is 5.92 Å². The summed E-state index contributed by atoms with van der Waals surface area (Å²) < 4.78 is 5.70. The van der Waals surface area contributed by atoms with E-state index >= 15 is 0 Å². The van der Waals surface area contributed by atoms with Crippen LogP contribution in [0.1, 0.15) is 30.4 Å². The van der Waals surface area contributed by atoms with Crippen LogP contribution in [-0.4, -0.2) is 16.6 Å². The number of hydrogen-bond donors (Lipinski definition) is 0. The Hall–Kier alpha value is -1.74. The highest BCUT2D eigenvalue weighted by Crippen LogP contribution is 2.23. The van der Waals surface area contributed by atoms with E-state index in [0.717, 1.165) is 12.8 Å². The van der Waals surface area contributed by atoms with Gasteiger partial charge in [-0.3, -0.25) is 4.98 Å². The summed E-state index contributed by atoms with van der Waals surface area (Å²) in [7, 11) is 0. The molecule has 1 unspecified atom stereocenters. The molecule has 104 valence electrons. The second-order valence-corrected chi connectivity index (χ2v) is 5.09. The largest absolute Gasteiger partial charge is 0.486 e. The monoisotopic (exact) mass is 285 g/mol. The van der Waals surface area contributed by atoms with Gasteiger partial charge in [-0.15, -0.1) is 0 Å². The van der Waals surface area contributed by atoms with Gasteiger partial charge in [-0.05, 0) is 48.3 Å². The number of nitrogens with zero attached hydrogens (tertiary/aromatic N) is 1. The van der Waals surface area contributed by atoms with Gasteiger partial charge >= 0.3 is 0 Å². The summed E-state index contributed by atoms with van der Waals surface area (Å²) in [6.45, 7) is 2.77. The molecule has 0 N–H and O–H groups in total. The molecule has 1 atom stereocenters. The summed E-state index contributed by atoms with van der Waals surface area (Å²) in [6.07, 6.45) is 5.44. The minimum absolute atomic E-state index is 0.111. The van der Waals surface area contributed by atoms with Crippen molar-refractivity contribution in [2.24, 2.45) is 0 Å². The third-order valence-electron chi connectivity index (χ3n) is 3.12. The maximum Gasteiger partial charge on any atom is 0.167 e. The highest BCUT2D eigenvalue weighted by atomic mass is 32.1. The summed E-state index contributed by atoms with van der Waals surface area (Å²) in [5, 5.41) is 0.676. The quantitative estimate of drug-likeness (QED) is 0.744. The third-order valence-corrected chi connectivity index (χ3v) is 3.53. The number of benzene rings is 1. The number of aromatic nitrogens is 1. The molecule has 3 heteroatoms. The first kappa shape index (κ1) is 14.7. The average molecular weight is 285 g/mol. The number of thiocarbonyl (C=S) groups is 1. The second-order valence-electron chi connectivity index (χ2n) is 4.69. The van der Waals surface area contributed by atoms with Crippen molar-refractivity contribution in [3.8, 4) is 0 Å². The van der Waals surface area contributed by atoms with E-state index in [4.69, 9.17) is 17.0 Å². The first-order valence-corrected chi connectivity index (χ1v) is 7.32. The highest BCUT2D eigenvalue weighted by molar-refractivity contribution is 7.80. The summed E-state index contributed by atoms with van der Waals surface area (Å²) in [5.41, 5.74) is 2.42. The topological polar surface area (TPSA) is 22.1 Å². The van der Waals surface area contributed by atoms with Crippen LogP contribution in [0.5, 0.6) is 0 Å². The van der Waals surface area contributed by atoms with Gasteiger partial charge in [0.25, 0.3) is 0 Å². The molecule has 1 heterocycles. The van der Waals surface area contributed by atoms with E-state index in [1.54, 1.807) is 0 Å². The van der Waals surface area contributed by atoms with E-state index in [1.165, 1.54) is 11.1 Å². The van der Waals surface area contributed by atoms with Gasteiger partial charge in [0.2, 0.25) is 0 Å². The summed E-state index contributed by atoms with van der Waals surface area (Å²) in [6, 6.07) is 14.4. The molecular weight excluding hydrogens is 266 g/mol. The van der Waals surface area contributed by atoms with E-state index < -0.39 is 0 Å². The van der Waals surface area contributed by atoms with Crippen molar-refractivity contribution in [3.05, 3.63) is 66.0 Å². The lowest BCUT2D eigenvalue weighted by molar-refractivity contribution is 0.299. The molecule has 0 radical (unpaired) electrons. The normalized spacial score (nSPS) is 11.8. The molecular formula is C17H19NOS. The van der Waals surface area contributed by atoms with Crippen LogP contribution in [0, 0.1) is 0 Å². The fourth-order valence-electron chi connectivity index (χ4n) is 2.08. The van der Waals surface area contributed by atoms with Gasteiger partial charge in [-0.1, -0.05) is 37.3 Å². The number of hydrogen-bond acceptors (Lipinski definition) is 3. The van der Waals surface area contributed by atoms with E-state index in [9.17, 15) is 0 Å². The molecule has 0 saturated carbocycles. The maximum atomic E-state index is 5.70. The molecule has 2 nitrogen and oxygen atoms in total. The first-order chi connectivity index (χ1) is 9.81. The predicted octanol–water partition coefficient (Wildman–Crippen LogP) is 4.16. The highest BCUT2D eigenvalue weighted by Gasteiger charge is 2.18. The third kappa shape index (κ3) is 4.14. The zero-order valence-corrected chi connectivity index (χ0v) is 12.5. The van der Waals surface area contributed by atoms with Crippen molar-refractivity contribution in [3.63, 3.8) is 0 Å². The fraction of sp³-hybridized carbons (Fsp3) is 0.294. The molecule has 0 bridgehead atoms. The van der Waals surface area contributed by atoms with Gasteiger partial charge in [0.15, 0.2) is 5.05 Å². The minimum Gasteiger partial charge on any atom is -0.486 e. The van der Waals surface area contributed by atoms with E-state index in [0.29, 0.717) is 11.7 Å². The maximum absolute atomic E-state index is 5.70. The second kappa shape index (κ2) is 7.75. The van der Waals surface area contributed by atoms with Crippen LogP contribution in [0.25, 0.3) is 0 Å². The van der Waals surface area contributed by atoms with Gasteiger partial charge in [0.05, 0.1) is 12.5 Å². The Morgan fingerprint density at radius 2 is 1.85 bits per heavy atom. The molecule has 0 aliphatic carbocycles. The summed E-state index contributed by atoms with van der Waals surface area (Å²) in [5.74, 6) is 0.111. The molecule has 0 aliphatic heterocycles. The minimum atomic E-state index is 0.111. The Morgan fingerprint density at radius 1 is 1.15 bits per heavy atom. The van der Waals surface area contributed by atoms with Gasteiger partial charge < -0.3 is 4.74 Å². The molecule has 20 heavy (non-hydrogen) atoms. The number of rotatable bonds is 6. The van der Waals surface area contributed by atoms with Crippen LogP contribution in [0.4, 0.5) is 0 Å². The van der Waals surface area contributed by atoms with Crippen LogP contribution < -0.4 is 0 Å². The van der Waals surface area contributed by atoms with Gasteiger partial charge in [-0.25, -0.2) is 0 Å². The van der Waals surface area contributed by atoms with E-state index in [1.807, 2.05) is 42.7 Å². The molecule has 2 rings (SSSR count). The zero-order valence-electron chi connectivity index (χ0n) is 11.7. The summed E-state index contributed by atoms with van der Waals surface area (Å²) in [4.78, 5) is 4.06. The Labute approximate surface area is 125 Å². The molecule has 1 aromatic heterocycles. The van der Waals surface area contributed by atoms with Gasteiger partial charge in [-0.2, -0.15) is 0 Å². The Bertz CT molecular complexity index is 527. The molecule has 0 spiro atoms. The molecule has 0 saturated heterocycles. The van der Waals surface area contributed by atoms with Gasteiger partial charge in [0, 0.05) is 12.4 Å². The van der Waals surface area contributed by atoms with Crippen LogP contribution in [-0.2, 0) is 11.2 Å². The lowest BCUT2D eigenvalue weighted by Crippen LogP contribution is -2.17. The van der Waals surface area contributed by atoms with Crippen molar-refractivity contribution in [2.75, 3.05) is 6.61 Å². The van der Waals surface area contributed by atoms with Crippen molar-refractivity contribution in [2.45, 2.75) is 25.7 Å². The van der Waals surface area contributed by atoms with Crippen LogP contribution >= 0.6 is 12.2 Å². The molecule has 0 aliphatic rings. The number of pyridine rings is 1. The molecule has 2 aromatic rings. The zero-order chi connectivity index (χ0) is 14.2. The Morgan fingerprint density at radius 3 is 2.50 bits per heavy atom. The molecule has 0 amide bonds. The average Bonchev–Trinajstić information content (AvgIpc) is 2.52. The van der Waals surface area contributed by atoms with Crippen molar-refractivity contribution in [1.82, 2.24) is 4.98 Å². The molecule has 1 aromatic carbocycles. The lowest BCUT2D eigenvalue weighted by Gasteiger charge is -2.19. The number of ether oxygens (including phenoxy) is 1. The predicted molar refractivity (Wildman–Crippen MR) is 86.0 cm³/mol. The van der Waals surface area contributed by atoms with Crippen molar-refractivity contribution in [1.29, 1.82) is 0 Å². The molecule has 0 fully saturated rings. The smallest absolute Gasteiger partial charge is 0.167 e. The SMILES string of the molecule is CCCOC(=S)C(Cc1ccncc1)c1ccccc1.